The van der Waals surface area contributed by atoms with E-state index in [-0.39, 0.29) is 18.4 Å². The van der Waals surface area contributed by atoms with Crippen LogP contribution in [0.5, 0.6) is 0 Å². The molecule has 3 aromatic heterocycles. The number of carbonyl (C=O) groups is 1. The number of halogens is 2. The van der Waals surface area contributed by atoms with Crippen molar-refractivity contribution in [3.63, 3.8) is 0 Å². The summed E-state index contributed by atoms with van der Waals surface area (Å²) in [5, 5.41) is 7.04. The molecule has 11 heteroatoms. The van der Waals surface area contributed by atoms with Crippen LogP contribution in [0.2, 0.25) is 0 Å². The van der Waals surface area contributed by atoms with Crippen LogP contribution in [-0.4, -0.2) is 47.4 Å². The van der Waals surface area contributed by atoms with Crippen molar-refractivity contribution in [3.05, 3.63) is 59.9 Å². The largest absolute Gasteiger partial charge is 0.351 e. The Hall–Kier alpha value is -2.72. The Morgan fingerprint density at radius 2 is 1.92 bits per heavy atom. The minimum atomic E-state index is -1.40. The van der Waals surface area contributed by atoms with Gasteiger partial charge in [-0.25, -0.2) is 22.2 Å². The summed E-state index contributed by atoms with van der Waals surface area (Å²) >= 11 is 2.15. The molecule has 0 saturated carbocycles. The molecule has 0 bridgehead atoms. The quantitative estimate of drug-likeness (QED) is 0.235. The molecule has 8 nitrogen and oxygen atoms in total. The highest BCUT2D eigenvalue weighted by molar-refractivity contribution is 14.1. The molecule has 1 saturated heterocycles. The van der Waals surface area contributed by atoms with E-state index in [1.165, 1.54) is 12.4 Å². The van der Waals surface area contributed by atoms with E-state index in [1.807, 2.05) is 50.1 Å². The zero-order chi connectivity index (χ0) is 25.6. The van der Waals surface area contributed by atoms with E-state index in [2.05, 4.69) is 57.5 Å². The smallest absolute Gasteiger partial charge is 0.258 e. The molecule has 1 aliphatic heterocycles. The Morgan fingerprint density at radius 1 is 1.17 bits per heavy atom. The number of nitrogens with one attached hydrogen (secondary N) is 1. The van der Waals surface area contributed by atoms with E-state index in [4.69, 9.17) is 0 Å². The zero-order valence-electron chi connectivity index (χ0n) is 20.2. The molecule has 1 amide bonds. The molecule has 2 unspecified atom stereocenters. The Labute approximate surface area is 224 Å². The lowest BCUT2D eigenvalue weighted by atomic mass is 9.97. The summed E-state index contributed by atoms with van der Waals surface area (Å²) in [7, 11) is 2.30. The first-order chi connectivity index (χ1) is 17.1. The van der Waals surface area contributed by atoms with Crippen LogP contribution in [0.25, 0.3) is 22.0 Å². The molecule has 4 aromatic rings. The minimum Gasteiger partial charge on any atom is -0.351 e. The van der Waals surface area contributed by atoms with Crippen LogP contribution in [0.4, 0.5) is 15.9 Å². The predicted molar refractivity (Wildman–Crippen MR) is 152 cm³/mol. The summed E-state index contributed by atoms with van der Waals surface area (Å²) in [5.74, 6) is 1.01. The van der Waals surface area contributed by atoms with Crippen molar-refractivity contribution in [2.45, 2.75) is 38.5 Å². The van der Waals surface area contributed by atoms with Gasteiger partial charge in [0.25, 0.3) is 5.91 Å². The molecule has 186 valence electrons. The summed E-state index contributed by atoms with van der Waals surface area (Å²) in [6, 6.07) is 5.90. The molecule has 2 atom stereocenters. The van der Waals surface area contributed by atoms with Crippen molar-refractivity contribution in [3.8, 4) is 11.1 Å². The van der Waals surface area contributed by atoms with Crippen molar-refractivity contribution >= 4 is 60.4 Å². The van der Waals surface area contributed by atoms with Crippen molar-refractivity contribution in [1.29, 1.82) is 0 Å². The normalized spacial score (nSPS) is 17.8. The SMILES string of the molecule is Cc1c(-c2ccnc(N3CCC(F)(P)C3)c2NC(=O)c2cnc(C(C)C)nc2)ccc2c1cnn2I. The second kappa shape index (κ2) is 9.63. The standard InChI is InChI=1S/C25H26FIN7OP/c1-14(2)22-29-10-16(11-30-22)24(35)32-21-18(6-8-28-23(21)33-9-7-25(26,36)13-33)17-4-5-20-19(15(17)3)12-31-34(20)27/h4-6,8,10-12,14H,7,9,13,36H2,1-3H3,(H,32,35). The van der Waals surface area contributed by atoms with E-state index in [0.717, 1.165) is 27.6 Å². The molecule has 1 aliphatic rings. The maximum absolute atomic E-state index is 14.8. The molecule has 5 rings (SSSR count). The number of aromatic nitrogens is 5. The predicted octanol–water partition coefficient (Wildman–Crippen LogP) is 5.52. The highest BCUT2D eigenvalue weighted by atomic mass is 127. The summed E-state index contributed by atoms with van der Waals surface area (Å²) in [6.45, 7) is 6.69. The Balaban J connectivity index is 1.61. The molecule has 1 N–H and O–H groups in total. The molecule has 1 fully saturated rings. The monoisotopic (exact) mass is 617 g/mol. The van der Waals surface area contributed by atoms with Crippen LogP contribution in [0.3, 0.4) is 0 Å². The van der Waals surface area contributed by atoms with Gasteiger partial charge in [0.1, 0.15) is 11.2 Å². The highest BCUT2D eigenvalue weighted by Gasteiger charge is 2.36. The lowest BCUT2D eigenvalue weighted by molar-refractivity contribution is 0.102. The minimum absolute atomic E-state index is 0.159. The molecule has 4 heterocycles. The number of benzene rings is 1. The fourth-order valence-corrected chi connectivity index (χ4v) is 5.35. The topological polar surface area (TPSA) is 88.8 Å². The van der Waals surface area contributed by atoms with Crippen molar-refractivity contribution in [2.75, 3.05) is 23.3 Å². The fraction of sp³-hybridized carbons (Fsp3) is 0.320. The molecule has 0 radical (unpaired) electrons. The van der Waals surface area contributed by atoms with Crippen LogP contribution < -0.4 is 10.2 Å². The average molecular weight is 617 g/mol. The second-order valence-electron chi connectivity index (χ2n) is 9.38. The van der Waals surface area contributed by atoms with Gasteiger partial charge >= 0.3 is 0 Å². The Bertz CT molecular complexity index is 1460. The van der Waals surface area contributed by atoms with Crippen LogP contribution >= 0.6 is 32.1 Å². The van der Waals surface area contributed by atoms with E-state index in [0.29, 0.717) is 35.9 Å². The lowest BCUT2D eigenvalue weighted by Gasteiger charge is -2.24. The number of rotatable bonds is 5. The van der Waals surface area contributed by atoms with Crippen LogP contribution in [-0.2, 0) is 0 Å². The summed E-state index contributed by atoms with van der Waals surface area (Å²) in [6.07, 6.45) is 6.96. The summed E-state index contributed by atoms with van der Waals surface area (Å²) < 4.78 is 16.6. The second-order valence-corrected chi connectivity index (χ2v) is 11.3. The van der Waals surface area contributed by atoms with E-state index < -0.39 is 5.41 Å². The molecule has 36 heavy (non-hydrogen) atoms. The first-order valence-corrected chi connectivity index (χ1v) is 13.2. The van der Waals surface area contributed by atoms with Gasteiger partial charge in [0, 0.05) is 48.4 Å². The number of pyridine rings is 1. The van der Waals surface area contributed by atoms with Gasteiger partial charge in [-0.2, -0.15) is 5.10 Å². The molecule has 0 spiro atoms. The van der Waals surface area contributed by atoms with E-state index >= 15 is 0 Å². The van der Waals surface area contributed by atoms with Gasteiger partial charge in [-0.3, -0.25) is 4.79 Å². The maximum atomic E-state index is 14.8. The summed E-state index contributed by atoms with van der Waals surface area (Å²) in [4.78, 5) is 28.5. The van der Waals surface area contributed by atoms with Gasteiger partial charge in [0.05, 0.1) is 52.4 Å². The molecule has 0 aliphatic carbocycles. The molecule has 1 aromatic carbocycles. The van der Waals surface area contributed by atoms with E-state index in [1.54, 1.807) is 9.09 Å². The fourth-order valence-electron chi connectivity index (χ4n) is 4.45. The number of carbonyl (C=O) groups excluding carboxylic acids is 1. The number of anilines is 2. The van der Waals surface area contributed by atoms with Crippen LogP contribution in [0, 0.1) is 6.92 Å². The van der Waals surface area contributed by atoms with Crippen molar-refractivity contribution < 1.29 is 9.18 Å². The first-order valence-electron chi connectivity index (χ1n) is 11.6. The van der Waals surface area contributed by atoms with Gasteiger partial charge in [0.15, 0.2) is 5.82 Å². The van der Waals surface area contributed by atoms with Gasteiger partial charge in [-0.15, -0.1) is 0 Å². The third kappa shape index (κ3) is 4.68. The number of fused-ring (bicyclic) bond motifs is 1. The third-order valence-corrected chi connectivity index (χ3v) is 7.68. The number of hydrogen-bond acceptors (Lipinski definition) is 6. The van der Waals surface area contributed by atoms with Gasteiger partial charge in [0.2, 0.25) is 0 Å². The van der Waals surface area contributed by atoms with E-state index in [9.17, 15) is 9.18 Å². The van der Waals surface area contributed by atoms with Gasteiger partial charge in [-0.05, 0) is 30.2 Å². The van der Waals surface area contributed by atoms with Crippen molar-refractivity contribution in [2.24, 2.45) is 0 Å². The number of alkyl halides is 1. The Morgan fingerprint density at radius 3 is 2.58 bits per heavy atom. The van der Waals surface area contributed by atoms with Gasteiger partial charge in [-0.1, -0.05) is 29.2 Å². The number of hydrogen-bond donors (Lipinski definition) is 1. The van der Waals surface area contributed by atoms with Crippen molar-refractivity contribution in [1.82, 2.24) is 22.9 Å². The highest BCUT2D eigenvalue weighted by Crippen LogP contribution is 2.42. The Kier molecular flexibility index (Phi) is 6.67. The number of aryl methyl sites for hydroxylation is 1. The zero-order valence-corrected chi connectivity index (χ0v) is 23.5. The number of amides is 1. The maximum Gasteiger partial charge on any atom is 0.258 e. The van der Waals surface area contributed by atoms with Gasteiger partial charge < -0.3 is 10.2 Å². The molecular weight excluding hydrogens is 591 g/mol. The molecular formula is C25H26FIN7OP. The number of nitrogens with zero attached hydrogens (tertiary/aromatic N) is 6. The lowest BCUT2D eigenvalue weighted by Crippen LogP contribution is -2.26. The third-order valence-electron chi connectivity index (χ3n) is 6.44. The van der Waals surface area contributed by atoms with Crippen LogP contribution in [0.15, 0.2) is 43.0 Å². The average Bonchev–Trinajstić information content (AvgIpc) is 3.41. The first kappa shape index (κ1) is 25.0. The van der Waals surface area contributed by atoms with Crippen LogP contribution in [0.1, 0.15) is 47.9 Å². The summed E-state index contributed by atoms with van der Waals surface area (Å²) in [5.41, 5.74) is 4.64.